The van der Waals surface area contributed by atoms with E-state index >= 15 is 0 Å². The maximum absolute atomic E-state index is 12.6. The third-order valence-corrected chi connectivity index (χ3v) is 6.52. The van der Waals surface area contributed by atoms with Crippen LogP contribution in [0, 0.1) is 0 Å². The number of nitrogens with one attached hydrogen (secondary N) is 1. The molecule has 0 aliphatic heterocycles. The number of hydrogen-bond acceptors (Lipinski definition) is 6. The SMILES string of the molecule is O=S(=O)(CC(F)(F)F)c1ccc2nccc(Nc3ccc4scnc4c3)c2c1. The molecule has 0 unspecified atom stereocenters. The third kappa shape index (κ3) is 3.78. The summed E-state index contributed by atoms with van der Waals surface area (Å²) in [6.45, 7) is 0. The molecule has 4 rings (SSSR count). The molecule has 0 radical (unpaired) electrons. The maximum Gasteiger partial charge on any atom is 0.403 e. The number of aromatic nitrogens is 2. The highest BCUT2D eigenvalue weighted by molar-refractivity contribution is 7.91. The predicted molar refractivity (Wildman–Crippen MR) is 103 cm³/mol. The molecule has 0 amide bonds. The number of halogens is 3. The molecule has 144 valence electrons. The molecule has 2 aromatic heterocycles. The van der Waals surface area contributed by atoms with Gasteiger partial charge in [0.15, 0.2) is 15.6 Å². The van der Waals surface area contributed by atoms with Gasteiger partial charge in [0.1, 0.15) is 0 Å². The van der Waals surface area contributed by atoms with Crippen LogP contribution in [0.5, 0.6) is 0 Å². The van der Waals surface area contributed by atoms with Crippen LogP contribution in [0.4, 0.5) is 24.5 Å². The Morgan fingerprint density at radius 3 is 2.61 bits per heavy atom. The summed E-state index contributed by atoms with van der Waals surface area (Å²) < 4.78 is 63.1. The Balaban J connectivity index is 1.76. The van der Waals surface area contributed by atoms with E-state index in [1.54, 1.807) is 11.6 Å². The number of fused-ring (bicyclic) bond motifs is 2. The summed E-state index contributed by atoms with van der Waals surface area (Å²) in [5.41, 5.74) is 4.25. The summed E-state index contributed by atoms with van der Waals surface area (Å²) >= 11 is 1.51. The van der Waals surface area contributed by atoms with E-state index < -0.39 is 26.7 Å². The van der Waals surface area contributed by atoms with Gasteiger partial charge in [-0.2, -0.15) is 13.2 Å². The lowest BCUT2D eigenvalue weighted by Gasteiger charge is -2.12. The molecule has 5 nitrogen and oxygen atoms in total. The van der Waals surface area contributed by atoms with Crippen molar-refractivity contribution in [2.24, 2.45) is 0 Å². The summed E-state index contributed by atoms with van der Waals surface area (Å²) in [7, 11) is -4.51. The molecule has 2 heterocycles. The van der Waals surface area contributed by atoms with Crippen LogP contribution in [0.2, 0.25) is 0 Å². The molecule has 4 aromatic rings. The normalized spacial score (nSPS) is 12.5. The van der Waals surface area contributed by atoms with Gasteiger partial charge in [-0.1, -0.05) is 0 Å². The fraction of sp³-hybridized carbons (Fsp3) is 0.111. The fourth-order valence-corrected chi connectivity index (χ4v) is 4.65. The Kier molecular flexibility index (Phi) is 4.47. The molecule has 0 bridgehead atoms. The van der Waals surface area contributed by atoms with Crippen LogP contribution in [0.15, 0.2) is 59.1 Å². The molecule has 0 aliphatic rings. The number of pyridine rings is 1. The molecular weight excluding hydrogens is 411 g/mol. The van der Waals surface area contributed by atoms with Gasteiger partial charge in [-0.05, 0) is 42.5 Å². The van der Waals surface area contributed by atoms with E-state index in [1.165, 1.54) is 29.7 Å². The molecular formula is C18H12F3N3O2S2. The minimum Gasteiger partial charge on any atom is -0.355 e. The molecule has 0 saturated heterocycles. The monoisotopic (exact) mass is 423 g/mol. The summed E-state index contributed by atoms with van der Waals surface area (Å²) in [6.07, 6.45) is -3.28. The quantitative estimate of drug-likeness (QED) is 0.504. The molecule has 0 spiro atoms. The highest BCUT2D eigenvalue weighted by atomic mass is 32.2. The molecule has 28 heavy (non-hydrogen) atoms. The smallest absolute Gasteiger partial charge is 0.355 e. The van der Waals surface area contributed by atoms with E-state index in [0.29, 0.717) is 16.6 Å². The Labute approximate surface area is 161 Å². The molecule has 1 N–H and O–H groups in total. The molecule has 0 atom stereocenters. The Morgan fingerprint density at radius 2 is 1.82 bits per heavy atom. The van der Waals surface area contributed by atoms with Crippen molar-refractivity contribution in [2.45, 2.75) is 11.1 Å². The molecule has 0 aliphatic carbocycles. The van der Waals surface area contributed by atoms with Crippen molar-refractivity contribution < 1.29 is 21.6 Å². The predicted octanol–water partition coefficient (Wildman–Crippen LogP) is 4.92. The van der Waals surface area contributed by atoms with Crippen LogP contribution >= 0.6 is 11.3 Å². The van der Waals surface area contributed by atoms with E-state index in [2.05, 4.69) is 15.3 Å². The number of nitrogens with zero attached hydrogens (tertiary/aromatic N) is 2. The topological polar surface area (TPSA) is 72.0 Å². The number of rotatable bonds is 4. The van der Waals surface area contributed by atoms with E-state index in [1.807, 2.05) is 18.2 Å². The van der Waals surface area contributed by atoms with Gasteiger partial charge in [-0.25, -0.2) is 13.4 Å². The van der Waals surface area contributed by atoms with Crippen LogP contribution in [-0.2, 0) is 9.84 Å². The summed E-state index contributed by atoms with van der Waals surface area (Å²) in [5.74, 6) is -1.91. The molecule has 10 heteroatoms. The highest BCUT2D eigenvalue weighted by Crippen LogP contribution is 2.30. The van der Waals surface area contributed by atoms with Gasteiger partial charge in [-0.15, -0.1) is 11.3 Å². The van der Waals surface area contributed by atoms with Gasteiger partial charge in [-0.3, -0.25) is 4.98 Å². The average molecular weight is 423 g/mol. The first-order valence-corrected chi connectivity index (χ1v) is 10.5. The zero-order chi connectivity index (χ0) is 19.9. The zero-order valence-corrected chi connectivity index (χ0v) is 15.7. The summed E-state index contributed by atoms with van der Waals surface area (Å²) in [4.78, 5) is 8.00. The number of alkyl halides is 3. The minimum absolute atomic E-state index is 0.400. The minimum atomic E-state index is -4.81. The van der Waals surface area contributed by atoms with Crippen LogP contribution < -0.4 is 5.32 Å². The first-order valence-electron chi connectivity index (χ1n) is 8.00. The van der Waals surface area contributed by atoms with Crippen LogP contribution in [-0.4, -0.2) is 30.3 Å². The van der Waals surface area contributed by atoms with E-state index in [9.17, 15) is 21.6 Å². The fourth-order valence-electron chi connectivity index (χ4n) is 2.82. The van der Waals surface area contributed by atoms with Crippen molar-refractivity contribution in [3.05, 3.63) is 54.2 Å². The second-order valence-electron chi connectivity index (χ2n) is 6.07. The van der Waals surface area contributed by atoms with Crippen LogP contribution in [0.25, 0.3) is 21.1 Å². The maximum atomic E-state index is 12.6. The summed E-state index contributed by atoms with van der Waals surface area (Å²) in [6, 6.07) is 11.0. The molecule has 0 saturated carbocycles. The van der Waals surface area contributed by atoms with Crippen molar-refractivity contribution in [1.82, 2.24) is 9.97 Å². The Hall–Kier alpha value is -2.72. The van der Waals surface area contributed by atoms with E-state index in [0.717, 1.165) is 22.0 Å². The number of benzene rings is 2. The van der Waals surface area contributed by atoms with Crippen molar-refractivity contribution in [3.63, 3.8) is 0 Å². The Bertz CT molecular complexity index is 1280. The van der Waals surface area contributed by atoms with Crippen molar-refractivity contribution >= 4 is 53.7 Å². The van der Waals surface area contributed by atoms with E-state index in [-0.39, 0.29) is 0 Å². The van der Waals surface area contributed by atoms with Gasteiger partial charge in [0, 0.05) is 23.0 Å². The van der Waals surface area contributed by atoms with Crippen molar-refractivity contribution in [3.8, 4) is 0 Å². The van der Waals surface area contributed by atoms with Gasteiger partial charge in [0.05, 0.1) is 26.1 Å². The number of sulfone groups is 1. The zero-order valence-electron chi connectivity index (χ0n) is 14.1. The Morgan fingerprint density at radius 1 is 1.00 bits per heavy atom. The lowest BCUT2D eigenvalue weighted by atomic mass is 10.2. The lowest BCUT2D eigenvalue weighted by Crippen LogP contribution is -2.22. The lowest BCUT2D eigenvalue weighted by molar-refractivity contribution is -0.106. The van der Waals surface area contributed by atoms with Crippen LogP contribution in [0.1, 0.15) is 0 Å². The first-order chi connectivity index (χ1) is 13.2. The largest absolute Gasteiger partial charge is 0.403 e. The third-order valence-electron chi connectivity index (χ3n) is 4.04. The molecule has 0 fully saturated rings. The molecule has 2 aromatic carbocycles. The van der Waals surface area contributed by atoms with Gasteiger partial charge in [0.2, 0.25) is 0 Å². The van der Waals surface area contributed by atoms with Gasteiger partial charge >= 0.3 is 6.18 Å². The number of hydrogen-bond donors (Lipinski definition) is 1. The second-order valence-corrected chi connectivity index (χ2v) is 8.95. The van der Waals surface area contributed by atoms with Gasteiger partial charge in [0.25, 0.3) is 0 Å². The first kappa shape index (κ1) is 18.6. The average Bonchev–Trinajstić information content (AvgIpc) is 3.07. The number of anilines is 2. The number of thiazole rings is 1. The van der Waals surface area contributed by atoms with Crippen molar-refractivity contribution in [1.29, 1.82) is 0 Å². The second kappa shape index (κ2) is 6.71. The van der Waals surface area contributed by atoms with Crippen LogP contribution in [0.3, 0.4) is 0 Å². The highest BCUT2D eigenvalue weighted by Gasteiger charge is 2.36. The van der Waals surface area contributed by atoms with E-state index in [4.69, 9.17) is 0 Å². The van der Waals surface area contributed by atoms with Gasteiger partial charge < -0.3 is 5.32 Å². The standard InChI is InChI=1S/C18H12F3N3O2S2/c19-18(20,21)9-28(25,26)12-2-3-14-13(8-12)15(5-6-22-14)24-11-1-4-17-16(7-11)23-10-27-17/h1-8,10H,9H2,(H,22,24). The summed E-state index contributed by atoms with van der Waals surface area (Å²) in [5, 5.41) is 3.57. The van der Waals surface area contributed by atoms with Crippen molar-refractivity contribution in [2.75, 3.05) is 11.1 Å².